The zero-order chi connectivity index (χ0) is 11.4. The predicted molar refractivity (Wildman–Crippen MR) is 73.0 cm³/mol. The Kier molecular flexibility index (Phi) is 2.30. The van der Waals surface area contributed by atoms with Gasteiger partial charge in [0.25, 0.3) is 0 Å². The van der Waals surface area contributed by atoms with Crippen LogP contribution in [0.1, 0.15) is 37.0 Å². The summed E-state index contributed by atoms with van der Waals surface area (Å²) in [7, 11) is 0. The summed E-state index contributed by atoms with van der Waals surface area (Å²) in [5.74, 6) is 5.22. The van der Waals surface area contributed by atoms with E-state index in [9.17, 15) is 0 Å². The molecule has 0 atom stereocenters. The Balaban J connectivity index is 1.57. The number of anilines is 1. The first-order valence-electron chi connectivity index (χ1n) is 7.11. The van der Waals surface area contributed by atoms with Crippen LogP contribution < -0.4 is 5.73 Å². The molecule has 17 heavy (non-hydrogen) atoms. The maximum atomic E-state index is 6.05. The molecule has 4 bridgehead atoms. The smallest absolute Gasteiger partial charge is 0.0455 e. The fraction of sp³-hybridized carbons (Fsp3) is 0.733. The summed E-state index contributed by atoms with van der Waals surface area (Å²) in [4.78, 5) is 1.46. The normalized spacial score (nSPS) is 43.2. The minimum Gasteiger partial charge on any atom is -0.398 e. The van der Waals surface area contributed by atoms with Gasteiger partial charge in [-0.25, -0.2) is 0 Å². The lowest BCUT2D eigenvalue weighted by Crippen LogP contribution is -2.45. The third-order valence-corrected chi connectivity index (χ3v) is 6.58. The van der Waals surface area contributed by atoms with Crippen molar-refractivity contribution in [2.45, 2.75) is 38.5 Å². The molecule has 1 heterocycles. The largest absolute Gasteiger partial charge is 0.398 e. The van der Waals surface area contributed by atoms with Gasteiger partial charge >= 0.3 is 0 Å². The Labute approximate surface area is 107 Å². The Morgan fingerprint density at radius 3 is 2.24 bits per heavy atom. The average Bonchev–Trinajstić information content (AvgIpc) is 2.68. The standard InChI is InChI=1S/C15H21NS/c16-14-1-2-17-15(14)8-13-11-4-9-3-10(6-11)7-12(13)5-9/h1-2,9-13H,3-8,16H2. The average molecular weight is 247 g/mol. The fourth-order valence-electron chi connectivity index (χ4n) is 5.10. The van der Waals surface area contributed by atoms with Crippen molar-refractivity contribution in [3.8, 4) is 0 Å². The SMILES string of the molecule is Nc1ccsc1CC1C2CC3CC(C2)CC1C3. The van der Waals surface area contributed by atoms with Crippen molar-refractivity contribution >= 4 is 17.0 Å². The van der Waals surface area contributed by atoms with Crippen molar-refractivity contribution in [2.75, 3.05) is 5.73 Å². The quantitative estimate of drug-likeness (QED) is 0.841. The number of thiophene rings is 1. The van der Waals surface area contributed by atoms with Crippen molar-refractivity contribution < 1.29 is 0 Å². The Hall–Kier alpha value is -0.500. The molecule has 0 radical (unpaired) electrons. The van der Waals surface area contributed by atoms with Crippen LogP contribution >= 0.6 is 11.3 Å². The van der Waals surface area contributed by atoms with Gasteiger partial charge in [0.05, 0.1) is 0 Å². The molecule has 2 N–H and O–H groups in total. The first-order chi connectivity index (χ1) is 8.29. The van der Waals surface area contributed by atoms with Gasteiger partial charge in [0.15, 0.2) is 0 Å². The molecule has 0 aliphatic heterocycles. The highest BCUT2D eigenvalue weighted by Gasteiger charge is 2.47. The maximum Gasteiger partial charge on any atom is 0.0455 e. The molecule has 2 heteroatoms. The number of hydrogen-bond acceptors (Lipinski definition) is 2. The van der Waals surface area contributed by atoms with Crippen LogP contribution in [-0.2, 0) is 6.42 Å². The zero-order valence-electron chi connectivity index (χ0n) is 10.3. The second-order valence-corrected chi connectivity index (χ2v) is 7.60. The summed E-state index contributed by atoms with van der Waals surface area (Å²) < 4.78 is 0. The van der Waals surface area contributed by atoms with Crippen molar-refractivity contribution in [3.63, 3.8) is 0 Å². The Morgan fingerprint density at radius 2 is 1.71 bits per heavy atom. The molecule has 4 aliphatic rings. The molecule has 0 spiro atoms. The first kappa shape index (κ1) is 10.4. The van der Waals surface area contributed by atoms with Crippen LogP contribution in [0.25, 0.3) is 0 Å². The van der Waals surface area contributed by atoms with Crippen molar-refractivity contribution in [3.05, 3.63) is 16.3 Å². The van der Waals surface area contributed by atoms with E-state index < -0.39 is 0 Å². The summed E-state index contributed by atoms with van der Waals surface area (Å²) in [6.45, 7) is 0. The molecule has 4 aliphatic carbocycles. The summed E-state index contributed by atoms with van der Waals surface area (Å²) in [6.07, 6.45) is 8.96. The van der Waals surface area contributed by atoms with E-state index in [0.717, 1.165) is 35.3 Å². The van der Waals surface area contributed by atoms with E-state index in [-0.39, 0.29) is 0 Å². The van der Waals surface area contributed by atoms with Gasteiger partial charge in [0.1, 0.15) is 0 Å². The van der Waals surface area contributed by atoms with Crippen molar-refractivity contribution in [2.24, 2.45) is 29.6 Å². The summed E-state index contributed by atoms with van der Waals surface area (Å²) in [5.41, 5.74) is 7.10. The van der Waals surface area contributed by atoms with Crippen LogP contribution in [0.4, 0.5) is 5.69 Å². The molecule has 5 rings (SSSR count). The highest BCUT2D eigenvalue weighted by molar-refractivity contribution is 7.10. The van der Waals surface area contributed by atoms with E-state index in [1.165, 1.54) is 37.0 Å². The van der Waals surface area contributed by atoms with E-state index in [1.807, 2.05) is 11.3 Å². The minimum absolute atomic E-state index is 0.962. The zero-order valence-corrected chi connectivity index (χ0v) is 11.1. The third-order valence-electron chi connectivity index (χ3n) is 5.62. The number of nitrogens with two attached hydrogens (primary N) is 1. The Morgan fingerprint density at radius 1 is 1.06 bits per heavy atom. The summed E-state index contributed by atoms with van der Waals surface area (Å²) in [6, 6.07) is 2.08. The lowest BCUT2D eigenvalue weighted by Gasteiger charge is -2.54. The second-order valence-electron chi connectivity index (χ2n) is 6.60. The molecule has 1 nitrogen and oxygen atoms in total. The van der Waals surface area contributed by atoms with Crippen molar-refractivity contribution in [1.82, 2.24) is 0 Å². The molecule has 4 fully saturated rings. The van der Waals surface area contributed by atoms with Gasteiger partial charge in [0, 0.05) is 10.6 Å². The molecule has 1 aromatic heterocycles. The maximum absolute atomic E-state index is 6.05. The van der Waals surface area contributed by atoms with E-state index in [1.54, 1.807) is 6.42 Å². The molecule has 0 saturated heterocycles. The lowest BCUT2D eigenvalue weighted by molar-refractivity contribution is -0.0356. The predicted octanol–water partition coefficient (Wildman–Crippen LogP) is 3.95. The van der Waals surface area contributed by atoms with Crippen LogP contribution in [0.3, 0.4) is 0 Å². The number of nitrogen functional groups attached to an aromatic ring is 1. The molecule has 0 amide bonds. The van der Waals surface area contributed by atoms with E-state index in [2.05, 4.69) is 11.4 Å². The number of rotatable bonds is 2. The van der Waals surface area contributed by atoms with E-state index >= 15 is 0 Å². The van der Waals surface area contributed by atoms with Gasteiger partial charge in [-0.15, -0.1) is 11.3 Å². The van der Waals surface area contributed by atoms with Crippen LogP contribution in [0.5, 0.6) is 0 Å². The van der Waals surface area contributed by atoms with Gasteiger partial charge < -0.3 is 5.73 Å². The molecule has 0 aromatic carbocycles. The fourth-order valence-corrected chi connectivity index (χ4v) is 5.97. The van der Waals surface area contributed by atoms with Gasteiger partial charge in [-0.1, -0.05) is 0 Å². The summed E-state index contributed by atoms with van der Waals surface area (Å²) in [5, 5.41) is 2.15. The topological polar surface area (TPSA) is 26.0 Å². The van der Waals surface area contributed by atoms with Gasteiger partial charge in [-0.2, -0.15) is 0 Å². The molecule has 4 saturated carbocycles. The van der Waals surface area contributed by atoms with Crippen molar-refractivity contribution in [1.29, 1.82) is 0 Å². The van der Waals surface area contributed by atoms with Crippen LogP contribution in [0.2, 0.25) is 0 Å². The summed E-state index contributed by atoms with van der Waals surface area (Å²) >= 11 is 1.87. The van der Waals surface area contributed by atoms with Gasteiger partial charge in [-0.05, 0) is 79.6 Å². The van der Waals surface area contributed by atoms with Crippen LogP contribution in [0.15, 0.2) is 11.4 Å². The molecule has 1 aromatic rings. The molecular weight excluding hydrogens is 226 g/mol. The van der Waals surface area contributed by atoms with Gasteiger partial charge in [0.2, 0.25) is 0 Å². The highest BCUT2D eigenvalue weighted by atomic mass is 32.1. The highest BCUT2D eigenvalue weighted by Crippen LogP contribution is 2.57. The van der Waals surface area contributed by atoms with E-state index in [4.69, 9.17) is 5.73 Å². The lowest BCUT2D eigenvalue weighted by atomic mass is 9.51. The van der Waals surface area contributed by atoms with Crippen LogP contribution in [0, 0.1) is 29.6 Å². The monoisotopic (exact) mass is 247 g/mol. The number of hydrogen-bond donors (Lipinski definition) is 1. The first-order valence-corrected chi connectivity index (χ1v) is 7.99. The van der Waals surface area contributed by atoms with Gasteiger partial charge in [-0.3, -0.25) is 0 Å². The van der Waals surface area contributed by atoms with Crippen LogP contribution in [-0.4, -0.2) is 0 Å². The molecule has 92 valence electrons. The molecule has 0 unspecified atom stereocenters. The third kappa shape index (κ3) is 1.64. The minimum atomic E-state index is 0.962. The van der Waals surface area contributed by atoms with E-state index in [0.29, 0.717) is 0 Å². The molecular formula is C15H21NS. The second kappa shape index (κ2) is 3.74. The Bertz CT molecular complexity index is 394.